The molecule has 0 radical (unpaired) electrons. The summed E-state index contributed by atoms with van der Waals surface area (Å²) in [6, 6.07) is 5.21. The van der Waals surface area contributed by atoms with Gasteiger partial charge in [-0.15, -0.1) is 0 Å². The molecule has 1 heterocycles. The molecule has 0 fully saturated rings. The van der Waals surface area contributed by atoms with Crippen LogP contribution in [0.1, 0.15) is 13.8 Å². The van der Waals surface area contributed by atoms with Gasteiger partial charge in [-0.25, -0.2) is 0 Å². The number of hydrogen-bond donors (Lipinski definition) is 2. The molecule has 0 spiro atoms. The van der Waals surface area contributed by atoms with Crippen LogP contribution >= 0.6 is 0 Å². The molecule has 1 aromatic rings. The number of hydrogen-bond acceptors (Lipinski definition) is 5. The van der Waals surface area contributed by atoms with E-state index in [1.165, 1.54) is 4.90 Å². The standard InChI is InChI=1S/C16H23N3O4/c1-3-19(16(21)11(2)9-17)10-15(20)18-12-4-5-13-14(8-12)23-7-6-22-13/h4-5,8,11H,3,6-7,9-10,17H2,1-2H3,(H,18,20). The summed E-state index contributed by atoms with van der Waals surface area (Å²) in [5.74, 6) is 0.594. The van der Waals surface area contributed by atoms with Crippen molar-refractivity contribution in [1.29, 1.82) is 0 Å². The predicted molar refractivity (Wildman–Crippen MR) is 86.5 cm³/mol. The van der Waals surface area contributed by atoms with Crippen LogP contribution in [0.4, 0.5) is 5.69 Å². The van der Waals surface area contributed by atoms with Gasteiger partial charge in [0.15, 0.2) is 11.5 Å². The summed E-state index contributed by atoms with van der Waals surface area (Å²) in [6.45, 7) is 5.30. The monoisotopic (exact) mass is 321 g/mol. The minimum absolute atomic E-state index is 0.00584. The Balaban J connectivity index is 1.97. The molecule has 0 aromatic heterocycles. The summed E-state index contributed by atoms with van der Waals surface area (Å²) in [5, 5.41) is 2.77. The van der Waals surface area contributed by atoms with E-state index >= 15 is 0 Å². The molecule has 3 N–H and O–H groups in total. The molecule has 126 valence electrons. The number of carbonyl (C=O) groups is 2. The fourth-order valence-corrected chi connectivity index (χ4v) is 2.25. The highest BCUT2D eigenvalue weighted by molar-refractivity contribution is 5.95. The molecule has 1 aromatic carbocycles. The number of fused-ring (bicyclic) bond motifs is 1. The largest absolute Gasteiger partial charge is 0.486 e. The van der Waals surface area contributed by atoms with E-state index in [0.29, 0.717) is 36.9 Å². The normalized spacial score (nSPS) is 14.0. The summed E-state index contributed by atoms with van der Waals surface area (Å²) in [7, 11) is 0. The Morgan fingerprint density at radius 3 is 2.65 bits per heavy atom. The third kappa shape index (κ3) is 4.35. The highest BCUT2D eigenvalue weighted by Crippen LogP contribution is 2.32. The van der Waals surface area contributed by atoms with Gasteiger partial charge in [0.1, 0.15) is 13.2 Å². The van der Waals surface area contributed by atoms with Crippen LogP contribution in [0, 0.1) is 5.92 Å². The number of anilines is 1. The predicted octanol–water partition coefficient (Wildman–Crippen LogP) is 0.840. The molecule has 7 heteroatoms. The van der Waals surface area contributed by atoms with Crippen molar-refractivity contribution in [2.24, 2.45) is 11.7 Å². The lowest BCUT2D eigenvalue weighted by molar-refractivity contribution is -0.137. The van der Waals surface area contributed by atoms with Gasteiger partial charge in [-0.1, -0.05) is 6.92 Å². The summed E-state index contributed by atoms with van der Waals surface area (Å²) in [6.07, 6.45) is 0. The van der Waals surface area contributed by atoms with E-state index in [9.17, 15) is 9.59 Å². The Morgan fingerprint density at radius 2 is 2.00 bits per heavy atom. The minimum Gasteiger partial charge on any atom is -0.486 e. The van der Waals surface area contributed by atoms with Gasteiger partial charge in [0.05, 0.1) is 6.54 Å². The zero-order chi connectivity index (χ0) is 16.8. The Labute approximate surface area is 135 Å². The zero-order valence-electron chi connectivity index (χ0n) is 13.5. The second kappa shape index (κ2) is 7.82. The van der Waals surface area contributed by atoms with Gasteiger partial charge in [-0.3, -0.25) is 9.59 Å². The van der Waals surface area contributed by atoms with E-state index in [1.54, 1.807) is 25.1 Å². The van der Waals surface area contributed by atoms with Crippen molar-refractivity contribution >= 4 is 17.5 Å². The number of carbonyl (C=O) groups excluding carboxylic acids is 2. The molecule has 1 unspecified atom stereocenters. The first kappa shape index (κ1) is 17.1. The zero-order valence-corrected chi connectivity index (χ0v) is 13.5. The first-order valence-corrected chi connectivity index (χ1v) is 7.73. The van der Waals surface area contributed by atoms with E-state index in [0.717, 1.165) is 0 Å². The molecular formula is C16H23N3O4. The first-order chi connectivity index (χ1) is 11.0. The van der Waals surface area contributed by atoms with Crippen molar-refractivity contribution in [2.75, 3.05) is 38.2 Å². The van der Waals surface area contributed by atoms with E-state index < -0.39 is 0 Å². The van der Waals surface area contributed by atoms with Crippen LogP contribution in [0.3, 0.4) is 0 Å². The second-order valence-corrected chi connectivity index (χ2v) is 5.40. The SMILES string of the molecule is CCN(CC(=O)Nc1ccc2c(c1)OCCO2)C(=O)C(C)CN. The van der Waals surface area contributed by atoms with Gasteiger partial charge >= 0.3 is 0 Å². The maximum absolute atomic E-state index is 12.2. The van der Waals surface area contributed by atoms with Crippen molar-refractivity contribution in [3.05, 3.63) is 18.2 Å². The number of amides is 2. The number of benzene rings is 1. The van der Waals surface area contributed by atoms with E-state index in [1.807, 2.05) is 6.92 Å². The number of nitrogens with one attached hydrogen (secondary N) is 1. The van der Waals surface area contributed by atoms with E-state index in [4.69, 9.17) is 15.2 Å². The number of nitrogens with two attached hydrogens (primary N) is 1. The van der Waals surface area contributed by atoms with Crippen molar-refractivity contribution in [3.8, 4) is 11.5 Å². The number of rotatable bonds is 6. The third-order valence-corrected chi connectivity index (χ3v) is 3.63. The number of likely N-dealkylation sites (N-methyl/N-ethyl adjacent to an activating group) is 1. The minimum atomic E-state index is -0.294. The smallest absolute Gasteiger partial charge is 0.243 e. The molecule has 0 saturated carbocycles. The molecule has 1 aliphatic rings. The highest BCUT2D eigenvalue weighted by atomic mass is 16.6. The van der Waals surface area contributed by atoms with Crippen LogP contribution < -0.4 is 20.5 Å². The van der Waals surface area contributed by atoms with Crippen molar-refractivity contribution in [3.63, 3.8) is 0 Å². The molecule has 0 saturated heterocycles. The van der Waals surface area contributed by atoms with Crippen molar-refractivity contribution < 1.29 is 19.1 Å². The second-order valence-electron chi connectivity index (χ2n) is 5.40. The quantitative estimate of drug-likeness (QED) is 0.810. The molecule has 1 atom stereocenters. The molecule has 23 heavy (non-hydrogen) atoms. The molecular weight excluding hydrogens is 298 g/mol. The van der Waals surface area contributed by atoms with Gasteiger partial charge < -0.3 is 25.4 Å². The Bertz CT molecular complexity index is 576. The Kier molecular flexibility index (Phi) is 5.81. The van der Waals surface area contributed by atoms with Gasteiger partial charge in [0.25, 0.3) is 0 Å². The molecule has 7 nitrogen and oxygen atoms in total. The average molecular weight is 321 g/mol. The van der Waals surface area contributed by atoms with Crippen molar-refractivity contribution in [2.45, 2.75) is 13.8 Å². The van der Waals surface area contributed by atoms with Crippen molar-refractivity contribution in [1.82, 2.24) is 4.90 Å². The summed E-state index contributed by atoms with van der Waals surface area (Å²) in [5.41, 5.74) is 6.12. The van der Waals surface area contributed by atoms with Crippen LogP contribution in [-0.4, -0.2) is 49.6 Å². The first-order valence-electron chi connectivity index (χ1n) is 7.73. The fraction of sp³-hybridized carbons (Fsp3) is 0.500. The van der Waals surface area contributed by atoms with E-state index in [-0.39, 0.29) is 30.8 Å². The van der Waals surface area contributed by atoms with Gasteiger partial charge in [-0.05, 0) is 19.1 Å². The average Bonchev–Trinajstić information content (AvgIpc) is 2.58. The number of ether oxygens (including phenoxy) is 2. The summed E-state index contributed by atoms with van der Waals surface area (Å²) < 4.78 is 10.9. The lowest BCUT2D eigenvalue weighted by atomic mass is 10.1. The van der Waals surface area contributed by atoms with Crippen LogP contribution in [0.2, 0.25) is 0 Å². The molecule has 0 aliphatic carbocycles. The Hall–Kier alpha value is -2.28. The maximum Gasteiger partial charge on any atom is 0.243 e. The molecule has 2 rings (SSSR count). The molecule has 0 bridgehead atoms. The lowest BCUT2D eigenvalue weighted by Crippen LogP contribution is -2.42. The van der Waals surface area contributed by atoms with Crippen LogP contribution in [-0.2, 0) is 9.59 Å². The highest BCUT2D eigenvalue weighted by Gasteiger charge is 2.20. The maximum atomic E-state index is 12.2. The van der Waals surface area contributed by atoms with Gasteiger partial charge in [-0.2, -0.15) is 0 Å². The third-order valence-electron chi connectivity index (χ3n) is 3.63. The van der Waals surface area contributed by atoms with E-state index in [2.05, 4.69) is 5.32 Å². The van der Waals surface area contributed by atoms with Crippen LogP contribution in [0.15, 0.2) is 18.2 Å². The fourth-order valence-electron chi connectivity index (χ4n) is 2.25. The van der Waals surface area contributed by atoms with Gasteiger partial charge in [0, 0.05) is 30.8 Å². The van der Waals surface area contributed by atoms with Gasteiger partial charge in [0.2, 0.25) is 11.8 Å². The van der Waals surface area contributed by atoms with Crippen LogP contribution in [0.5, 0.6) is 11.5 Å². The molecule has 2 amide bonds. The summed E-state index contributed by atoms with van der Waals surface area (Å²) >= 11 is 0. The summed E-state index contributed by atoms with van der Waals surface area (Å²) in [4.78, 5) is 25.8. The lowest BCUT2D eigenvalue weighted by Gasteiger charge is -2.23. The topological polar surface area (TPSA) is 93.9 Å². The van der Waals surface area contributed by atoms with Crippen LogP contribution in [0.25, 0.3) is 0 Å². The number of nitrogens with zero attached hydrogens (tertiary/aromatic N) is 1. The Morgan fingerprint density at radius 1 is 1.30 bits per heavy atom. The molecule has 1 aliphatic heterocycles.